The summed E-state index contributed by atoms with van der Waals surface area (Å²) in [6.45, 7) is 4.22. The number of nitrogens with zero attached hydrogens (tertiary/aromatic N) is 1. The lowest BCUT2D eigenvalue weighted by molar-refractivity contribution is 1.14. The van der Waals surface area contributed by atoms with Gasteiger partial charge in [0.2, 0.25) is 0 Å². The van der Waals surface area contributed by atoms with Crippen molar-refractivity contribution in [2.45, 2.75) is 20.3 Å². The summed E-state index contributed by atoms with van der Waals surface area (Å²) >= 11 is 0. The Bertz CT molecular complexity index is 443. The Kier molecular flexibility index (Phi) is 2.82. The zero-order valence-electron chi connectivity index (χ0n) is 9.20. The molecular formula is C14H15N. The van der Waals surface area contributed by atoms with Crippen LogP contribution < -0.4 is 0 Å². The zero-order valence-corrected chi connectivity index (χ0v) is 9.20. The number of aromatic nitrogens is 1. The zero-order chi connectivity index (χ0) is 10.7. The highest BCUT2D eigenvalue weighted by molar-refractivity contribution is 5.59. The van der Waals surface area contributed by atoms with Crippen molar-refractivity contribution in [3.63, 3.8) is 0 Å². The molecule has 1 aromatic heterocycles. The van der Waals surface area contributed by atoms with Crippen LogP contribution in [0, 0.1) is 6.92 Å². The first-order valence-corrected chi connectivity index (χ1v) is 5.31. The molecular weight excluding hydrogens is 182 g/mol. The van der Waals surface area contributed by atoms with Crippen molar-refractivity contribution < 1.29 is 0 Å². The molecule has 1 aromatic carbocycles. The Morgan fingerprint density at radius 2 is 2.00 bits per heavy atom. The summed E-state index contributed by atoms with van der Waals surface area (Å²) in [7, 11) is 0. The fourth-order valence-corrected chi connectivity index (χ4v) is 1.59. The first-order chi connectivity index (χ1) is 7.29. The van der Waals surface area contributed by atoms with Gasteiger partial charge in [-0.1, -0.05) is 31.2 Å². The molecule has 0 spiro atoms. The Morgan fingerprint density at radius 3 is 2.67 bits per heavy atom. The van der Waals surface area contributed by atoms with Crippen molar-refractivity contribution >= 4 is 0 Å². The van der Waals surface area contributed by atoms with E-state index >= 15 is 0 Å². The van der Waals surface area contributed by atoms with Gasteiger partial charge < -0.3 is 0 Å². The molecule has 0 radical (unpaired) electrons. The molecule has 1 nitrogen and oxygen atoms in total. The maximum Gasteiger partial charge on any atom is 0.0702 e. The molecule has 0 unspecified atom stereocenters. The number of hydrogen-bond donors (Lipinski definition) is 0. The molecule has 0 aliphatic heterocycles. The summed E-state index contributed by atoms with van der Waals surface area (Å²) < 4.78 is 0. The summed E-state index contributed by atoms with van der Waals surface area (Å²) in [5, 5.41) is 0. The van der Waals surface area contributed by atoms with E-state index in [2.05, 4.69) is 55.2 Å². The molecule has 0 bridgehead atoms. The molecule has 0 fully saturated rings. The largest absolute Gasteiger partial charge is 0.256 e. The van der Waals surface area contributed by atoms with Gasteiger partial charge in [0.15, 0.2) is 0 Å². The highest BCUT2D eigenvalue weighted by atomic mass is 14.7. The van der Waals surface area contributed by atoms with Crippen molar-refractivity contribution in [1.29, 1.82) is 0 Å². The summed E-state index contributed by atoms with van der Waals surface area (Å²) in [5.41, 5.74) is 4.81. The number of pyridine rings is 1. The normalized spacial score (nSPS) is 10.3. The Balaban J connectivity index is 2.40. The maximum atomic E-state index is 4.42. The van der Waals surface area contributed by atoms with E-state index in [0.29, 0.717) is 0 Å². The molecule has 0 saturated heterocycles. The first kappa shape index (κ1) is 9.91. The van der Waals surface area contributed by atoms with E-state index < -0.39 is 0 Å². The standard InChI is InChI=1S/C14H15N/c1-3-12-5-4-6-13(9-12)14-8-7-11(2)10-15-14/h4-10H,3H2,1-2H3. The Hall–Kier alpha value is -1.63. The topological polar surface area (TPSA) is 12.9 Å². The van der Waals surface area contributed by atoms with E-state index in [1.165, 1.54) is 16.7 Å². The van der Waals surface area contributed by atoms with Crippen LogP contribution in [0.2, 0.25) is 0 Å². The molecule has 0 aliphatic rings. The van der Waals surface area contributed by atoms with Crippen molar-refractivity contribution in [2.75, 3.05) is 0 Å². The van der Waals surface area contributed by atoms with Crippen molar-refractivity contribution in [3.05, 3.63) is 53.7 Å². The fraction of sp³-hybridized carbons (Fsp3) is 0.214. The number of aryl methyl sites for hydroxylation is 2. The third kappa shape index (κ3) is 2.24. The molecule has 0 amide bonds. The molecule has 0 N–H and O–H groups in total. The van der Waals surface area contributed by atoms with E-state index in [9.17, 15) is 0 Å². The summed E-state index contributed by atoms with van der Waals surface area (Å²) in [6.07, 6.45) is 2.98. The van der Waals surface area contributed by atoms with Gasteiger partial charge in [0.05, 0.1) is 5.69 Å². The van der Waals surface area contributed by atoms with Gasteiger partial charge in [-0.15, -0.1) is 0 Å². The van der Waals surface area contributed by atoms with Gasteiger partial charge in [0.1, 0.15) is 0 Å². The summed E-state index contributed by atoms with van der Waals surface area (Å²) in [5.74, 6) is 0. The lowest BCUT2D eigenvalue weighted by Gasteiger charge is -2.03. The van der Waals surface area contributed by atoms with Crippen molar-refractivity contribution in [1.82, 2.24) is 4.98 Å². The van der Waals surface area contributed by atoms with E-state index in [-0.39, 0.29) is 0 Å². The van der Waals surface area contributed by atoms with Crippen molar-refractivity contribution in [3.8, 4) is 11.3 Å². The highest BCUT2D eigenvalue weighted by Crippen LogP contribution is 2.18. The number of rotatable bonds is 2. The van der Waals surface area contributed by atoms with Gasteiger partial charge in [0.25, 0.3) is 0 Å². The van der Waals surface area contributed by atoms with Gasteiger partial charge in [0, 0.05) is 11.8 Å². The van der Waals surface area contributed by atoms with Gasteiger partial charge in [-0.05, 0) is 36.6 Å². The second-order valence-corrected chi connectivity index (χ2v) is 3.77. The van der Waals surface area contributed by atoms with Crippen LogP contribution in [0.4, 0.5) is 0 Å². The lowest BCUT2D eigenvalue weighted by Crippen LogP contribution is -1.86. The Labute approximate surface area is 90.8 Å². The molecule has 0 atom stereocenters. The van der Waals surface area contributed by atoms with Crippen LogP contribution in [-0.4, -0.2) is 4.98 Å². The minimum Gasteiger partial charge on any atom is -0.256 e. The van der Waals surface area contributed by atoms with Gasteiger partial charge >= 0.3 is 0 Å². The lowest BCUT2D eigenvalue weighted by atomic mass is 10.1. The smallest absolute Gasteiger partial charge is 0.0702 e. The van der Waals surface area contributed by atoms with Crippen LogP contribution in [-0.2, 0) is 6.42 Å². The van der Waals surface area contributed by atoms with Crippen LogP contribution in [0.5, 0.6) is 0 Å². The highest BCUT2D eigenvalue weighted by Gasteiger charge is 1.99. The molecule has 1 heterocycles. The van der Waals surface area contributed by atoms with E-state index in [1.807, 2.05) is 6.20 Å². The predicted octanol–water partition coefficient (Wildman–Crippen LogP) is 3.62. The second-order valence-electron chi connectivity index (χ2n) is 3.77. The SMILES string of the molecule is CCc1cccc(-c2ccc(C)cn2)c1. The molecule has 15 heavy (non-hydrogen) atoms. The number of hydrogen-bond acceptors (Lipinski definition) is 1. The maximum absolute atomic E-state index is 4.42. The second kappa shape index (κ2) is 4.26. The van der Waals surface area contributed by atoms with Crippen LogP contribution in [0.15, 0.2) is 42.6 Å². The fourth-order valence-electron chi connectivity index (χ4n) is 1.59. The molecule has 2 rings (SSSR count). The first-order valence-electron chi connectivity index (χ1n) is 5.31. The van der Waals surface area contributed by atoms with Crippen molar-refractivity contribution in [2.24, 2.45) is 0 Å². The minimum atomic E-state index is 1.05. The van der Waals surface area contributed by atoms with Crippen LogP contribution in [0.25, 0.3) is 11.3 Å². The van der Waals surface area contributed by atoms with E-state index in [4.69, 9.17) is 0 Å². The van der Waals surface area contributed by atoms with Gasteiger partial charge in [-0.2, -0.15) is 0 Å². The van der Waals surface area contributed by atoms with E-state index in [1.54, 1.807) is 0 Å². The van der Waals surface area contributed by atoms with Crippen LogP contribution >= 0.6 is 0 Å². The molecule has 2 aromatic rings. The predicted molar refractivity (Wildman–Crippen MR) is 63.8 cm³/mol. The van der Waals surface area contributed by atoms with Gasteiger partial charge in [-0.25, -0.2) is 0 Å². The van der Waals surface area contributed by atoms with Crippen LogP contribution in [0.1, 0.15) is 18.1 Å². The molecule has 76 valence electrons. The van der Waals surface area contributed by atoms with E-state index in [0.717, 1.165) is 12.1 Å². The average Bonchev–Trinajstić information content (AvgIpc) is 2.30. The average molecular weight is 197 g/mol. The molecule has 0 aliphatic carbocycles. The quantitative estimate of drug-likeness (QED) is 0.716. The van der Waals surface area contributed by atoms with Crippen LogP contribution in [0.3, 0.4) is 0 Å². The minimum absolute atomic E-state index is 1.05. The summed E-state index contributed by atoms with van der Waals surface area (Å²) in [4.78, 5) is 4.42. The molecule has 1 heteroatoms. The third-order valence-electron chi connectivity index (χ3n) is 2.54. The third-order valence-corrected chi connectivity index (χ3v) is 2.54. The monoisotopic (exact) mass is 197 g/mol. The number of benzene rings is 1. The Morgan fingerprint density at radius 1 is 1.13 bits per heavy atom. The summed E-state index contributed by atoms with van der Waals surface area (Å²) in [6, 6.07) is 12.7. The molecule has 0 saturated carbocycles. The van der Waals surface area contributed by atoms with Gasteiger partial charge in [-0.3, -0.25) is 4.98 Å².